The first-order valence-electron chi connectivity index (χ1n) is 9.83. The second-order valence-electron chi connectivity index (χ2n) is 7.18. The molecule has 0 radical (unpaired) electrons. The summed E-state index contributed by atoms with van der Waals surface area (Å²) < 4.78 is 17.5. The van der Waals surface area contributed by atoms with Crippen molar-refractivity contribution in [2.45, 2.75) is 43.8 Å². The topological polar surface area (TPSA) is 70.8 Å². The van der Waals surface area contributed by atoms with E-state index in [0.717, 1.165) is 18.4 Å². The van der Waals surface area contributed by atoms with Crippen LogP contribution in [0, 0.1) is 11.8 Å². The Kier molecular flexibility index (Phi) is 6.79. The van der Waals surface area contributed by atoms with E-state index in [1.807, 2.05) is 48.5 Å². The molecule has 1 amide bonds. The Morgan fingerprint density at radius 1 is 1.10 bits per heavy atom. The minimum absolute atomic E-state index is 0.0709. The van der Waals surface area contributed by atoms with Crippen LogP contribution in [-0.4, -0.2) is 26.2 Å². The monoisotopic (exact) mass is 393 g/mol. The number of carbonyl (C=O) groups is 1. The average Bonchev–Trinajstić information content (AvgIpc) is 3.25. The number of benzene rings is 2. The largest absolute Gasteiger partial charge is 0.493 e. The summed E-state index contributed by atoms with van der Waals surface area (Å²) >= 11 is 0. The van der Waals surface area contributed by atoms with Crippen LogP contribution in [0.25, 0.3) is 0 Å². The number of methoxy groups -OCH3 is 2. The lowest BCUT2D eigenvalue weighted by Gasteiger charge is -2.27. The lowest BCUT2D eigenvalue weighted by atomic mass is 9.89. The van der Waals surface area contributed by atoms with Crippen LogP contribution in [0.15, 0.2) is 48.5 Å². The van der Waals surface area contributed by atoms with Gasteiger partial charge in [0.1, 0.15) is 0 Å². The van der Waals surface area contributed by atoms with Crippen molar-refractivity contribution in [3.63, 3.8) is 0 Å². The molecule has 5 nitrogen and oxygen atoms in total. The second-order valence-corrected chi connectivity index (χ2v) is 7.18. The first kappa shape index (κ1) is 20.8. The van der Waals surface area contributed by atoms with E-state index in [4.69, 9.17) is 19.9 Å². The number of primary amides is 1. The predicted octanol–water partition coefficient (Wildman–Crippen LogP) is 3.79. The molecule has 2 aromatic carbocycles. The van der Waals surface area contributed by atoms with Gasteiger partial charge in [-0.05, 0) is 49.9 Å². The lowest BCUT2D eigenvalue weighted by Crippen LogP contribution is -2.33. The van der Waals surface area contributed by atoms with Gasteiger partial charge in [-0.25, -0.2) is 0 Å². The minimum Gasteiger partial charge on any atom is -0.493 e. The van der Waals surface area contributed by atoms with Crippen LogP contribution in [0.4, 0.5) is 0 Å². The fraction of sp³-hybridized carbons (Fsp3) is 0.375. The molecule has 1 unspecified atom stereocenters. The van der Waals surface area contributed by atoms with Crippen LogP contribution < -0.4 is 15.2 Å². The van der Waals surface area contributed by atoms with E-state index >= 15 is 0 Å². The molecule has 0 bridgehead atoms. The van der Waals surface area contributed by atoms with Gasteiger partial charge in [0.05, 0.1) is 19.6 Å². The van der Waals surface area contributed by atoms with E-state index in [0.29, 0.717) is 17.1 Å². The van der Waals surface area contributed by atoms with Gasteiger partial charge < -0.3 is 19.9 Å². The molecular weight excluding hydrogens is 366 g/mol. The van der Waals surface area contributed by atoms with Crippen LogP contribution in [0.2, 0.25) is 0 Å². The van der Waals surface area contributed by atoms with Gasteiger partial charge in [0, 0.05) is 18.2 Å². The Bertz CT molecular complexity index is 894. The van der Waals surface area contributed by atoms with Crippen LogP contribution in [0.1, 0.15) is 43.2 Å². The maximum absolute atomic E-state index is 11.9. The quantitative estimate of drug-likeness (QED) is 0.727. The van der Waals surface area contributed by atoms with Gasteiger partial charge in [0.25, 0.3) is 0 Å². The summed E-state index contributed by atoms with van der Waals surface area (Å²) in [6, 6.07) is 15.1. The van der Waals surface area contributed by atoms with Gasteiger partial charge in [0.2, 0.25) is 5.91 Å². The van der Waals surface area contributed by atoms with Crippen molar-refractivity contribution in [1.82, 2.24) is 0 Å². The minimum atomic E-state index is -1.18. The highest BCUT2D eigenvalue weighted by Gasteiger charge is 2.34. The highest BCUT2D eigenvalue weighted by Crippen LogP contribution is 2.37. The Morgan fingerprint density at radius 3 is 2.45 bits per heavy atom. The smallest absolute Gasteiger partial charge is 0.221 e. The molecule has 2 aromatic rings. The third kappa shape index (κ3) is 5.10. The van der Waals surface area contributed by atoms with Crippen LogP contribution in [0.3, 0.4) is 0 Å². The molecule has 1 atom stereocenters. The van der Waals surface area contributed by atoms with Crippen LogP contribution in [0.5, 0.6) is 11.5 Å². The van der Waals surface area contributed by atoms with Gasteiger partial charge in [-0.2, -0.15) is 0 Å². The molecule has 0 saturated heterocycles. The lowest BCUT2D eigenvalue weighted by molar-refractivity contribution is -0.122. The molecule has 0 aliphatic heterocycles. The van der Waals surface area contributed by atoms with Crippen molar-refractivity contribution >= 4 is 5.91 Å². The van der Waals surface area contributed by atoms with Crippen molar-refractivity contribution in [3.8, 4) is 23.3 Å². The van der Waals surface area contributed by atoms with E-state index in [-0.39, 0.29) is 12.5 Å². The molecule has 29 heavy (non-hydrogen) atoms. The highest BCUT2D eigenvalue weighted by molar-refractivity contribution is 5.76. The van der Waals surface area contributed by atoms with E-state index in [2.05, 4.69) is 11.8 Å². The van der Waals surface area contributed by atoms with Gasteiger partial charge >= 0.3 is 0 Å². The standard InChI is InChI=1S/C24H27NO4/c1-27-21-13-12-19(16-22(21)29-20-10-6-7-11-20)24(28-2,17-23(25)26)15-14-18-8-4-3-5-9-18/h3-5,8-9,12-13,16,20H,6-7,10-11,17H2,1-2H3,(H2,25,26). The first-order chi connectivity index (χ1) is 14.1. The molecule has 5 heteroatoms. The zero-order chi connectivity index (χ0) is 20.7. The molecule has 1 saturated carbocycles. The third-order valence-corrected chi connectivity index (χ3v) is 5.18. The fourth-order valence-electron chi connectivity index (χ4n) is 3.61. The summed E-state index contributed by atoms with van der Waals surface area (Å²) in [4.78, 5) is 11.9. The van der Waals surface area contributed by atoms with E-state index in [9.17, 15) is 4.79 Å². The molecule has 0 spiro atoms. The van der Waals surface area contributed by atoms with Crippen LogP contribution >= 0.6 is 0 Å². The number of rotatable bonds is 7. The van der Waals surface area contributed by atoms with E-state index < -0.39 is 11.5 Å². The van der Waals surface area contributed by atoms with Crippen LogP contribution in [-0.2, 0) is 15.1 Å². The van der Waals surface area contributed by atoms with Gasteiger partial charge in [-0.1, -0.05) is 36.1 Å². The first-order valence-corrected chi connectivity index (χ1v) is 9.83. The van der Waals surface area contributed by atoms with Crippen molar-refractivity contribution in [3.05, 3.63) is 59.7 Å². The van der Waals surface area contributed by atoms with E-state index in [1.54, 1.807) is 7.11 Å². The Labute approximate surface area is 172 Å². The number of nitrogens with two attached hydrogens (primary N) is 1. The number of amides is 1. The zero-order valence-corrected chi connectivity index (χ0v) is 16.9. The molecule has 2 N–H and O–H groups in total. The number of hydrogen-bond acceptors (Lipinski definition) is 4. The maximum Gasteiger partial charge on any atom is 0.221 e. The molecule has 1 aliphatic carbocycles. The summed E-state index contributed by atoms with van der Waals surface area (Å²) in [5, 5.41) is 0. The van der Waals surface area contributed by atoms with Gasteiger partial charge in [-0.15, -0.1) is 0 Å². The Hall–Kier alpha value is -2.97. The van der Waals surface area contributed by atoms with Crippen molar-refractivity contribution in [2.75, 3.05) is 14.2 Å². The van der Waals surface area contributed by atoms with E-state index in [1.165, 1.54) is 20.0 Å². The normalized spacial score (nSPS) is 15.8. The molecule has 0 heterocycles. The SMILES string of the molecule is COc1ccc(C(C#Cc2ccccc2)(CC(N)=O)OC)cc1OC1CCCC1. The predicted molar refractivity (Wildman–Crippen MR) is 112 cm³/mol. The number of hydrogen-bond donors (Lipinski definition) is 1. The molecule has 1 aliphatic rings. The van der Waals surface area contributed by atoms with Crippen molar-refractivity contribution < 1.29 is 19.0 Å². The third-order valence-electron chi connectivity index (χ3n) is 5.18. The molecule has 1 fully saturated rings. The van der Waals surface area contributed by atoms with Crippen molar-refractivity contribution in [2.24, 2.45) is 5.73 Å². The molecule has 0 aromatic heterocycles. The number of ether oxygens (including phenoxy) is 3. The molecule has 3 rings (SSSR count). The summed E-state index contributed by atoms with van der Waals surface area (Å²) in [7, 11) is 3.14. The molecular formula is C24H27NO4. The second kappa shape index (κ2) is 9.49. The molecule has 152 valence electrons. The Morgan fingerprint density at radius 2 is 1.83 bits per heavy atom. The highest BCUT2D eigenvalue weighted by atomic mass is 16.5. The Balaban J connectivity index is 2.02. The summed E-state index contributed by atoms with van der Waals surface area (Å²) in [6.07, 6.45) is 4.48. The maximum atomic E-state index is 11.9. The average molecular weight is 393 g/mol. The fourth-order valence-corrected chi connectivity index (χ4v) is 3.61. The van der Waals surface area contributed by atoms with Crippen molar-refractivity contribution in [1.29, 1.82) is 0 Å². The zero-order valence-electron chi connectivity index (χ0n) is 16.9. The van der Waals surface area contributed by atoms with Gasteiger partial charge in [-0.3, -0.25) is 4.79 Å². The number of carbonyl (C=O) groups excluding carboxylic acids is 1. The summed E-state index contributed by atoms with van der Waals surface area (Å²) in [5.74, 6) is 7.01. The van der Waals surface area contributed by atoms with Gasteiger partial charge in [0.15, 0.2) is 17.1 Å². The summed E-state index contributed by atoms with van der Waals surface area (Å²) in [6.45, 7) is 0. The summed E-state index contributed by atoms with van der Waals surface area (Å²) in [5.41, 5.74) is 5.90.